The van der Waals surface area contributed by atoms with E-state index in [4.69, 9.17) is 4.74 Å². The van der Waals surface area contributed by atoms with Crippen molar-refractivity contribution >= 4 is 33.7 Å². The Balaban J connectivity index is 1.53. The highest BCUT2D eigenvalue weighted by molar-refractivity contribution is 5.94. The lowest BCUT2D eigenvalue weighted by molar-refractivity contribution is 0.0934. The van der Waals surface area contributed by atoms with Crippen LogP contribution in [0.5, 0.6) is 11.6 Å². The van der Waals surface area contributed by atoms with Crippen LogP contribution in [-0.4, -0.2) is 47.0 Å². The molecule has 0 fully saturated rings. The molecular weight excluding hydrogens is 466 g/mol. The summed E-state index contributed by atoms with van der Waals surface area (Å²) < 4.78 is 8.28. The first-order valence-corrected chi connectivity index (χ1v) is 11.1. The molecule has 184 valence electrons. The normalized spacial score (nSPS) is 12.6. The number of ether oxygens (including phenoxy) is 1. The standard InChI is InChI=1S/C24H23N7O5/c1-13-7-3-6-10-17(13)36-12-14(32)11-31-19-20(30(2)24(35)27-22(19)34)26-23(31)29-28-18-15-8-4-5-9-16(15)25-21(18)33/h3-10,14,25,32-33H,11-12H2,1-2H3,(H,27,34,35)/t14-/m1/s1. The van der Waals surface area contributed by atoms with Gasteiger partial charge in [-0.2, -0.15) is 4.98 Å². The Morgan fingerprint density at radius 1 is 1.08 bits per heavy atom. The topological polar surface area (TPSA) is 163 Å². The predicted molar refractivity (Wildman–Crippen MR) is 132 cm³/mol. The second-order valence-electron chi connectivity index (χ2n) is 8.31. The van der Waals surface area contributed by atoms with Crippen molar-refractivity contribution in [1.82, 2.24) is 24.1 Å². The average Bonchev–Trinajstić information content (AvgIpc) is 3.37. The van der Waals surface area contributed by atoms with Crippen LogP contribution in [0.3, 0.4) is 0 Å². The number of aliphatic hydroxyl groups excluding tert-OH is 1. The molecule has 5 aromatic rings. The molecule has 36 heavy (non-hydrogen) atoms. The summed E-state index contributed by atoms with van der Waals surface area (Å²) in [5.41, 5.74) is 0.576. The van der Waals surface area contributed by atoms with Gasteiger partial charge >= 0.3 is 5.69 Å². The molecule has 3 heterocycles. The second-order valence-corrected chi connectivity index (χ2v) is 8.31. The largest absolute Gasteiger partial charge is 0.493 e. The molecular formula is C24H23N7O5. The number of nitrogens with zero attached hydrogens (tertiary/aromatic N) is 5. The van der Waals surface area contributed by atoms with Gasteiger partial charge in [0.2, 0.25) is 5.88 Å². The van der Waals surface area contributed by atoms with Gasteiger partial charge in [0.15, 0.2) is 16.9 Å². The number of nitrogens with one attached hydrogen (secondary N) is 2. The fraction of sp³-hybridized carbons (Fsp3) is 0.208. The Labute approximate surface area is 203 Å². The number of azo groups is 1. The molecule has 0 aliphatic rings. The first-order chi connectivity index (χ1) is 17.3. The third kappa shape index (κ3) is 4.14. The summed E-state index contributed by atoms with van der Waals surface area (Å²) in [4.78, 5) is 34.2. The summed E-state index contributed by atoms with van der Waals surface area (Å²) in [6.07, 6.45) is -1.05. The van der Waals surface area contributed by atoms with E-state index in [1.807, 2.05) is 31.2 Å². The first-order valence-electron chi connectivity index (χ1n) is 11.1. The van der Waals surface area contributed by atoms with E-state index in [0.29, 0.717) is 16.7 Å². The number of aryl methyl sites for hydroxylation is 2. The van der Waals surface area contributed by atoms with E-state index in [9.17, 15) is 19.8 Å². The van der Waals surface area contributed by atoms with Gasteiger partial charge in [-0.05, 0) is 24.6 Å². The highest BCUT2D eigenvalue weighted by atomic mass is 16.5. The minimum absolute atomic E-state index is 0.0312. The molecule has 12 nitrogen and oxygen atoms in total. The Kier molecular flexibility index (Phi) is 5.86. The van der Waals surface area contributed by atoms with Gasteiger partial charge in [0.05, 0.1) is 12.1 Å². The number of fused-ring (bicyclic) bond motifs is 2. The third-order valence-electron chi connectivity index (χ3n) is 5.80. The first kappa shape index (κ1) is 23.1. The monoisotopic (exact) mass is 489 g/mol. The highest BCUT2D eigenvalue weighted by Crippen LogP contribution is 2.36. The predicted octanol–water partition coefficient (Wildman–Crippen LogP) is 2.77. The quantitative estimate of drug-likeness (QED) is 0.257. The molecule has 0 bridgehead atoms. The number of hydrogen-bond acceptors (Lipinski definition) is 8. The third-order valence-corrected chi connectivity index (χ3v) is 5.80. The lowest BCUT2D eigenvalue weighted by atomic mass is 10.2. The van der Waals surface area contributed by atoms with Crippen molar-refractivity contribution in [2.75, 3.05) is 6.61 Å². The van der Waals surface area contributed by atoms with Gasteiger partial charge < -0.3 is 19.9 Å². The van der Waals surface area contributed by atoms with Crippen molar-refractivity contribution in [2.24, 2.45) is 17.3 Å². The zero-order chi connectivity index (χ0) is 25.4. The van der Waals surface area contributed by atoms with Crippen LogP contribution in [0.15, 0.2) is 68.3 Å². The number of H-pyrrole nitrogens is 2. The number of aromatic hydroxyl groups is 1. The smallest absolute Gasteiger partial charge is 0.329 e. The van der Waals surface area contributed by atoms with Crippen LogP contribution in [0, 0.1) is 6.92 Å². The van der Waals surface area contributed by atoms with Gasteiger partial charge in [0.1, 0.15) is 18.5 Å². The van der Waals surface area contributed by atoms with Gasteiger partial charge in [-0.3, -0.25) is 18.9 Å². The Bertz CT molecular complexity index is 1730. The number of para-hydroxylation sites is 2. The molecule has 2 aromatic carbocycles. The SMILES string of the molecule is Cc1ccccc1OC[C@H](O)Cn1c(N=Nc2c(O)[nH]c3ccccc23)nc2c1c(=O)[nH]c(=O)n2C. The number of aliphatic hydroxyl groups is 1. The average molecular weight is 489 g/mol. The molecule has 0 aliphatic heterocycles. The molecule has 1 atom stereocenters. The highest BCUT2D eigenvalue weighted by Gasteiger charge is 2.20. The van der Waals surface area contributed by atoms with Crippen LogP contribution in [0.2, 0.25) is 0 Å². The van der Waals surface area contributed by atoms with Crippen molar-refractivity contribution in [3.63, 3.8) is 0 Å². The maximum absolute atomic E-state index is 12.7. The van der Waals surface area contributed by atoms with Gasteiger partial charge in [0.25, 0.3) is 11.5 Å². The van der Waals surface area contributed by atoms with Crippen molar-refractivity contribution in [3.8, 4) is 11.6 Å². The minimum Gasteiger partial charge on any atom is -0.493 e. The van der Waals surface area contributed by atoms with E-state index in [0.717, 1.165) is 5.56 Å². The van der Waals surface area contributed by atoms with Crippen molar-refractivity contribution in [1.29, 1.82) is 0 Å². The number of aromatic nitrogens is 5. The molecule has 3 aromatic heterocycles. The minimum atomic E-state index is -1.05. The molecule has 4 N–H and O–H groups in total. The summed E-state index contributed by atoms with van der Waals surface area (Å²) >= 11 is 0. The summed E-state index contributed by atoms with van der Waals surface area (Å²) in [7, 11) is 1.46. The molecule has 0 saturated heterocycles. The van der Waals surface area contributed by atoms with E-state index in [-0.39, 0.29) is 41.8 Å². The number of aromatic amines is 2. The van der Waals surface area contributed by atoms with Crippen molar-refractivity contribution < 1.29 is 14.9 Å². The molecule has 0 unspecified atom stereocenters. The molecule has 0 radical (unpaired) electrons. The summed E-state index contributed by atoms with van der Waals surface area (Å²) in [6.45, 7) is 1.72. The van der Waals surface area contributed by atoms with E-state index in [2.05, 4.69) is 25.2 Å². The number of hydrogen-bond donors (Lipinski definition) is 4. The van der Waals surface area contributed by atoms with E-state index in [1.54, 1.807) is 24.3 Å². The maximum atomic E-state index is 12.7. The van der Waals surface area contributed by atoms with E-state index in [1.165, 1.54) is 16.2 Å². The van der Waals surface area contributed by atoms with Crippen LogP contribution >= 0.6 is 0 Å². The Morgan fingerprint density at radius 2 is 1.83 bits per heavy atom. The lowest BCUT2D eigenvalue weighted by Gasteiger charge is -2.15. The van der Waals surface area contributed by atoms with E-state index >= 15 is 0 Å². The molecule has 0 saturated carbocycles. The number of imidazole rings is 1. The van der Waals surface area contributed by atoms with Crippen LogP contribution < -0.4 is 16.0 Å². The lowest BCUT2D eigenvalue weighted by Crippen LogP contribution is -2.30. The Hall–Kier alpha value is -4.71. The number of benzene rings is 2. The number of rotatable bonds is 7. The zero-order valence-electron chi connectivity index (χ0n) is 19.5. The molecule has 0 spiro atoms. The van der Waals surface area contributed by atoms with Crippen LogP contribution in [0.25, 0.3) is 22.1 Å². The fourth-order valence-corrected chi connectivity index (χ4v) is 3.95. The van der Waals surface area contributed by atoms with Crippen LogP contribution in [-0.2, 0) is 13.6 Å². The summed E-state index contributed by atoms with van der Waals surface area (Å²) in [5, 5.41) is 30.0. The molecule has 0 amide bonds. The molecule has 0 aliphatic carbocycles. The van der Waals surface area contributed by atoms with Gasteiger partial charge in [0, 0.05) is 12.4 Å². The Morgan fingerprint density at radius 3 is 2.64 bits per heavy atom. The summed E-state index contributed by atoms with van der Waals surface area (Å²) in [6, 6.07) is 14.6. The van der Waals surface area contributed by atoms with Crippen molar-refractivity contribution in [3.05, 3.63) is 74.9 Å². The summed E-state index contributed by atoms with van der Waals surface area (Å²) in [5.74, 6) is 0.415. The molecule has 5 rings (SSSR count). The van der Waals surface area contributed by atoms with Gasteiger partial charge in [-0.1, -0.05) is 36.4 Å². The van der Waals surface area contributed by atoms with Crippen LogP contribution in [0.4, 0.5) is 11.6 Å². The van der Waals surface area contributed by atoms with Crippen molar-refractivity contribution in [2.45, 2.75) is 19.6 Å². The maximum Gasteiger partial charge on any atom is 0.329 e. The fourth-order valence-electron chi connectivity index (χ4n) is 3.95. The van der Waals surface area contributed by atoms with Gasteiger partial charge in [-0.25, -0.2) is 4.79 Å². The molecule has 12 heteroatoms. The zero-order valence-corrected chi connectivity index (χ0v) is 19.5. The van der Waals surface area contributed by atoms with E-state index < -0.39 is 17.4 Å². The van der Waals surface area contributed by atoms with Gasteiger partial charge in [-0.15, -0.1) is 10.2 Å². The van der Waals surface area contributed by atoms with Crippen LogP contribution in [0.1, 0.15) is 5.56 Å². The second kappa shape index (κ2) is 9.15.